The molecule has 5 rings (SSSR count). The van der Waals surface area contributed by atoms with Crippen LogP contribution in [0.2, 0.25) is 0 Å². The molecule has 3 aliphatic rings. The number of amides is 6. The molecule has 1 N–H and O–H groups in total. The van der Waals surface area contributed by atoms with Gasteiger partial charge in [0.15, 0.2) is 5.41 Å². The second kappa shape index (κ2) is 9.02. The molecule has 2 saturated heterocycles. The first-order chi connectivity index (χ1) is 17.7. The van der Waals surface area contributed by atoms with Gasteiger partial charge in [-0.25, -0.2) is 4.79 Å². The first-order valence-corrected chi connectivity index (χ1v) is 12.3. The van der Waals surface area contributed by atoms with Crippen LogP contribution in [0, 0.1) is 5.41 Å². The summed E-state index contributed by atoms with van der Waals surface area (Å²) in [5, 5.41) is 2.89. The van der Waals surface area contributed by atoms with Gasteiger partial charge in [-0.15, -0.1) is 0 Å². The average molecular weight is 504 g/mol. The molecule has 3 heterocycles. The zero-order valence-electron chi connectivity index (χ0n) is 21.1. The topological polar surface area (TPSA) is 110 Å². The highest BCUT2D eigenvalue weighted by molar-refractivity contribution is 6.20. The van der Waals surface area contributed by atoms with Gasteiger partial charge >= 0.3 is 6.03 Å². The van der Waals surface area contributed by atoms with Crippen LogP contribution in [0.25, 0.3) is 0 Å². The highest BCUT2D eigenvalue weighted by atomic mass is 16.2. The molecule has 3 aliphatic heterocycles. The fourth-order valence-electron chi connectivity index (χ4n) is 5.76. The number of barbiturate groups is 1. The van der Waals surface area contributed by atoms with Gasteiger partial charge in [0.25, 0.3) is 5.91 Å². The molecule has 0 aromatic heterocycles. The molecular weight excluding hydrogens is 474 g/mol. The summed E-state index contributed by atoms with van der Waals surface area (Å²) in [5.41, 5.74) is 1.02. The summed E-state index contributed by atoms with van der Waals surface area (Å²) in [6.07, 6.45) is 0.368. The van der Waals surface area contributed by atoms with E-state index in [1.807, 2.05) is 17.0 Å². The quantitative estimate of drug-likeness (QED) is 0.642. The summed E-state index contributed by atoms with van der Waals surface area (Å²) < 4.78 is 0. The average Bonchev–Trinajstić information content (AvgIpc) is 2.93. The van der Waals surface area contributed by atoms with Crippen molar-refractivity contribution in [3.8, 4) is 0 Å². The molecule has 0 aliphatic carbocycles. The van der Waals surface area contributed by atoms with Gasteiger partial charge in [0.2, 0.25) is 17.7 Å². The molecule has 1 unspecified atom stereocenters. The van der Waals surface area contributed by atoms with Gasteiger partial charge in [0, 0.05) is 57.1 Å². The third kappa shape index (κ3) is 3.75. The van der Waals surface area contributed by atoms with Crippen LogP contribution in [0.1, 0.15) is 29.3 Å². The number of imide groups is 2. The molecule has 192 valence electrons. The van der Waals surface area contributed by atoms with Crippen LogP contribution in [0.3, 0.4) is 0 Å². The Morgan fingerprint density at radius 1 is 0.973 bits per heavy atom. The monoisotopic (exact) mass is 503 g/mol. The molecule has 0 bridgehead atoms. The SMILES string of the molecule is CCC(=O)N1CCN2c3ccc(NC(=O)c4ccccc4)cc3CC3(C(=O)N(C)C(=O)N(C)C3=O)C2C1. The van der Waals surface area contributed by atoms with Crippen molar-refractivity contribution in [2.45, 2.75) is 25.8 Å². The summed E-state index contributed by atoms with van der Waals surface area (Å²) in [4.78, 5) is 71.2. The lowest BCUT2D eigenvalue weighted by atomic mass is 9.67. The molecule has 10 nitrogen and oxygen atoms in total. The van der Waals surface area contributed by atoms with E-state index in [2.05, 4.69) is 5.32 Å². The van der Waals surface area contributed by atoms with E-state index in [1.165, 1.54) is 14.1 Å². The van der Waals surface area contributed by atoms with E-state index >= 15 is 0 Å². The van der Waals surface area contributed by atoms with Gasteiger partial charge in [0.05, 0.1) is 6.04 Å². The van der Waals surface area contributed by atoms with Crippen molar-refractivity contribution in [3.63, 3.8) is 0 Å². The van der Waals surface area contributed by atoms with Crippen LogP contribution in [-0.2, 0) is 20.8 Å². The van der Waals surface area contributed by atoms with Crippen molar-refractivity contribution >= 4 is 41.0 Å². The number of rotatable bonds is 3. The zero-order valence-corrected chi connectivity index (χ0v) is 21.1. The molecule has 37 heavy (non-hydrogen) atoms. The minimum Gasteiger partial charge on any atom is -0.363 e. The molecule has 2 fully saturated rings. The van der Waals surface area contributed by atoms with Crippen molar-refractivity contribution in [1.29, 1.82) is 0 Å². The predicted molar refractivity (Wildman–Crippen MR) is 136 cm³/mol. The van der Waals surface area contributed by atoms with Crippen molar-refractivity contribution in [2.75, 3.05) is 43.9 Å². The van der Waals surface area contributed by atoms with Gasteiger partial charge < -0.3 is 15.1 Å². The highest BCUT2D eigenvalue weighted by Gasteiger charge is 2.64. The predicted octanol–water partition coefficient (Wildman–Crippen LogP) is 1.96. The molecule has 1 spiro atoms. The molecule has 2 aromatic rings. The number of nitrogens with one attached hydrogen (secondary N) is 1. The minimum absolute atomic E-state index is 0.0479. The van der Waals surface area contributed by atoms with E-state index < -0.39 is 29.3 Å². The van der Waals surface area contributed by atoms with Crippen molar-refractivity contribution in [3.05, 3.63) is 59.7 Å². The molecule has 1 atom stereocenters. The number of carbonyl (C=O) groups is 5. The number of nitrogens with zero attached hydrogens (tertiary/aromatic N) is 4. The van der Waals surface area contributed by atoms with Crippen LogP contribution in [0.15, 0.2) is 48.5 Å². The van der Waals surface area contributed by atoms with Crippen molar-refractivity contribution in [2.24, 2.45) is 5.41 Å². The third-order valence-corrected chi connectivity index (χ3v) is 7.70. The summed E-state index contributed by atoms with van der Waals surface area (Å²) in [5.74, 6) is -1.48. The number of carbonyl (C=O) groups excluding carboxylic acids is 5. The zero-order chi connectivity index (χ0) is 26.5. The largest absolute Gasteiger partial charge is 0.363 e. The Morgan fingerprint density at radius 2 is 1.65 bits per heavy atom. The Balaban J connectivity index is 1.57. The van der Waals surface area contributed by atoms with Crippen LogP contribution < -0.4 is 10.2 Å². The summed E-state index contributed by atoms with van der Waals surface area (Å²) in [6.45, 7) is 2.87. The van der Waals surface area contributed by atoms with Crippen LogP contribution in [0.4, 0.5) is 16.2 Å². The Bertz CT molecular complexity index is 1290. The second-order valence-corrected chi connectivity index (χ2v) is 9.73. The Hall–Kier alpha value is -4.21. The fraction of sp³-hybridized carbons (Fsp3) is 0.370. The number of fused-ring (bicyclic) bond motifs is 4. The Kier molecular flexibility index (Phi) is 5.97. The maximum absolute atomic E-state index is 13.8. The van der Waals surface area contributed by atoms with Gasteiger partial charge in [-0.1, -0.05) is 25.1 Å². The minimum atomic E-state index is -1.58. The van der Waals surface area contributed by atoms with Crippen LogP contribution in [-0.4, -0.2) is 84.1 Å². The first-order valence-electron chi connectivity index (χ1n) is 12.3. The maximum Gasteiger partial charge on any atom is 0.332 e. The molecule has 0 saturated carbocycles. The van der Waals surface area contributed by atoms with E-state index in [4.69, 9.17) is 0 Å². The summed E-state index contributed by atoms with van der Waals surface area (Å²) >= 11 is 0. The van der Waals surface area contributed by atoms with Gasteiger partial charge in [-0.05, 0) is 42.3 Å². The number of hydrogen-bond acceptors (Lipinski definition) is 6. The molecule has 6 amide bonds. The van der Waals surface area contributed by atoms with Crippen molar-refractivity contribution in [1.82, 2.24) is 14.7 Å². The van der Waals surface area contributed by atoms with E-state index in [0.717, 1.165) is 21.1 Å². The lowest BCUT2D eigenvalue weighted by Gasteiger charge is -2.56. The van der Waals surface area contributed by atoms with Gasteiger partial charge in [-0.2, -0.15) is 0 Å². The number of hydrogen-bond donors (Lipinski definition) is 1. The lowest BCUT2D eigenvalue weighted by molar-refractivity contribution is -0.161. The van der Waals surface area contributed by atoms with Crippen LogP contribution in [0.5, 0.6) is 0 Å². The Labute approximate surface area is 214 Å². The maximum atomic E-state index is 13.8. The number of urea groups is 1. The number of piperazine rings is 1. The van der Waals surface area contributed by atoms with Gasteiger partial charge in [-0.3, -0.25) is 29.0 Å². The summed E-state index contributed by atoms with van der Waals surface area (Å²) in [6, 6.07) is 13.0. The number of benzene rings is 2. The van der Waals surface area contributed by atoms with E-state index in [9.17, 15) is 24.0 Å². The fourth-order valence-corrected chi connectivity index (χ4v) is 5.76. The van der Waals surface area contributed by atoms with E-state index in [-0.39, 0.29) is 24.8 Å². The number of anilines is 2. The van der Waals surface area contributed by atoms with Crippen LogP contribution >= 0.6 is 0 Å². The van der Waals surface area contributed by atoms with E-state index in [0.29, 0.717) is 30.8 Å². The van der Waals surface area contributed by atoms with Gasteiger partial charge in [0.1, 0.15) is 0 Å². The van der Waals surface area contributed by atoms with Crippen molar-refractivity contribution < 1.29 is 24.0 Å². The first kappa shape index (κ1) is 24.5. The Morgan fingerprint density at radius 3 is 2.30 bits per heavy atom. The third-order valence-electron chi connectivity index (χ3n) is 7.70. The van der Waals surface area contributed by atoms with E-state index in [1.54, 1.807) is 48.2 Å². The molecular formula is C27H29N5O5. The smallest absolute Gasteiger partial charge is 0.332 e. The second-order valence-electron chi connectivity index (χ2n) is 9.73. The normalized spacial score (nSPS) is 20.6. The molecule has 10 heteroatoms. The lowest BCUT2D eigenvalue weighted by Crippen LogP contribution is -2.75. The standard InChI is InChI=1S/C27H29N5O5/c1-4-22(33)31-12-13-32-20-11-10-19(28-23(34)17-8-6-5-7-9-17)14-18(20)15-27(21(32)16-31)24(35)29(2)26(37)30(3)25(27)36/h5-11,14,21H,4,12-13,15-16H2,1-3H3,(H,28,34). The highest BCUT2D eigenvalue weighted by Crippen LogP contribution is 2.47. The molecule has 2 aromatic carbocycles. The summed E-state index contributed by atoms with van der Waals surface area (Å²) in [7, 11) is 2.76. The molecule has 0 radical (unpaired) electrons.